The number of piperazine rings is 1. The lowest BCUT2D eigenvalue weighted by Crippen LogP contribution is -2.54. The number of fused-ring (bicyclic) bond motifs is 2. The van der Waals surface area contributed by atoms with Crippen molar-refractivity contribution in [2.45, 2.75) is 91.3 Å². The maximum atomic E-state index is 13.7. The minimum absolute atomic E-state index is 0.0316. The summed E-state index contributed by atoms with van der Waals surface area (Å²) < 4.78 is 1.90. The number of amides is 6. The molecular formula is C50H59N11O7. The molecular weight excluding hydrogens is 867 g/mol. The lowest BCUT2D eigenvalue weighted by Gasteiger charge is -2.35. The molecule has 3 aliphatic rings. The fourth-order valence-corrected chi connectivity index (χ4v) is 9.31. The van der Waals surface area contributed by atoms with Crippen molar-refractivity contribution in [3.63, 3.8) is 0 Å². The molecule has 0 radical (unpaired) electrons. The van der Waals surface area contributed by atoms with Crippen LogP contribution in [0.15, 0.2) is 65.7 Å². The van der Waals surface area contributed by atoms with Gasteiger partial charge in [-0.3, -0.25) is 53.4 Å². The van der Waals surface area contributed by atoms with Crippen molar-refractivity contribution in [2.75, 3.05) is 56.0 Å². The predicted octanol–water partition coefficient (Wildman–Crippen LogP) is 4.62. The van der Waals surface area contributed by atoms with Crippen LogP contribution in [0.4, 0.5) is 11.5 Å². The number of aromatic nitrogens is 4. The molecule has 0 saturated carbocycles. The summed E-state index contributed by atoms with van der Waals surface area (Å²) in [7, 11) is 0. The molecule has 356 valence electrons. The first-order chi connectivity index (χ1) is 32.8. The van der Waals surface area contributed by atoms with Crippen molar-refractivity contribution in [2.24, 2.45) is 0 Å². The van der Waals surface area contributed by atoms with Crippen LogP contribution >= 0.6 is 0 Å². The van der Waals surface area contributed by atoms with Gasteiger partial charge in [0.15, 0.2) is 0 Å². The van der Waals surface area contributed by atoms with Crippen LogP contribution in [0.25, 0.3) is 22.0 Å². The highest BCUT2D eigenvalue weighted by Crippen LogP contribution is 2.33. The number of rotatable bonds is 18. The van der Waals surface area contributed by atoms with E-state index in [9.17, 15) is 33.6 Å². The number of imide groups is 2. The largest absolute Gasteiger partial charge is 0.384 e. The molecule has 6 amide bonds. The molecule has 3 aliphatic heterocycles. The molecule has 8 rings (SSSR count). The Balaban J connectivity index is 0.747. The summed E-state index contributed by atoms with van der Waals surface area (Å²) in [4.78, 5) is 103. The molecule has 1 unspecified atom stereocenters. The summed E-state index contributed by atoms with van der Waals surface area (Å²) in [6.45, 7) is 13.1. The van der Waals surface area contributed by atoms with E-state index in [1.807, 2.05) is 68.9 Å². The molecule has 5 N–H and O–H groups in total. The zero-order valence-corrected chi connectivity index (χ0v) is 39.1. The molecule has 2 aromatic carbocycles. The number of nitrogens with zero attached hydrogens (tertiary/aromatic N) is 6. The second-order valence-electron chi connectivity index (χ2n) is 18.1. The number of carbonyl (C=O) groups excluding carboxylic acids is 6. The predicted molar refractivity (Wildman–Crippen MR) is 257 cm³/mol. The van der Waals surface area contributed by atoms with Gasteiger partial charge >= 0.3 is 0 Å². The van der Waals surface area contributed by atoms with Crippen LogP contribution in [-0.4, -0.2) is 117 Å². The highest BCUT2D eigenvalue weighted by Gasteiger charge is 2.45. The number of nitrogens with one attached hydrogen (secondary N) is 5. The summed E-state index contributed by atoms with van der Waals surface area (Å²) in [5, 5.41) is 16.8. The molecule has 0 aliphatic carbocycles. The average Bonchev–Trinajstić information content (AvgIpc) is 3.86. The van der Waals surface area contributed by atoms with E-state index >= 15 is 0 Å². The van der Waals surface area contributed by atoms with Gasteiger partial charge < -0.3 is 25.8 Å². The number of anilines is 2. The first-order valence-corrected chi connectivity index (χ1v) is 23.5. The smallest absolute Gasteiger partial charge is 0.264 e. The van der Waals surface area contributed by atoms with Gasteiger partial charge in [0, 0.05) is 105 Å². The number of hydrogen-bond acceptors (Lipinski definition) is 12. The number of unbranched alkanes of at least 4 members (excludes halogenated alkanes) is 3. The Labute approximate surface area is 394 Å². The molecule has 0 bridgehead atoms. The highest BCUT2D eigenvalue weighted by atomic mass is 16.2. The van der Waals surface area contributed by atoms with E-state index in [1.165, 1.54) is 0 Å². The van der Waals surface area contributed by atoms with Crippen molar-refractivity contribution < 1.29 is 28.8 Å². The molecule has 2 saturated heterocycles. The van der Waals surface area contributed by atoms with E-state index in [0.717, 1.165) is 102 Å². The first-order valence-electron chi connectivity index (χ1n) is 23.5. The van der Waals surface area contributed by atoms with Crippen molar-refractivity contribution in [3.05, 3.63) is 105 Å². The van der Waals surface area contributed by atoms with Crippen LogP contribution in [0.3, 0.4) is 0 Å². The molecule has 18 nitrogen and oxygen atoms in total. The standard InChI is InChI=1S/C50H59N11O7/c1-30(2)61-41-26-34(25-36(38(41)29-55-61)46(64)54-28-37-31(3)24-32(4)56-47(37)65)33-13-15-42(53-27-33)59-22-20-58(21-23-59)19-18-52-43(62)12-7-5-6-8-17-51-39-11-9-10-35-45(39)50(68)60(49(35)67)40-14-16-44(63)57-48(40)66/h9-11,13,15,24-27,29-30,40,51H,5-8,12,14,16-23,28H2,1-4H3,(H,52,62)(H,54,64)(H,56,65)(H,57,63,66). The molecule has 68 heavy (non-hydrogen) atoms. The third-order valence-corrected chi connectivity index (χ3v) is 13.0. The number of hydrogen-bond donors (Lipinski definition) is 5. The van der Waals surface area contributed by atoms with Gasteiger partial charge in [-0.2, -0.15) is 5.10 Å². The van der Waals surface area contributed by atoms with Gasteiger partial charge in [0.25, 0.3) is 23.3 Å². The van der Waals surface area contributed by atoms with Gasteiger partial charge in [-0.15, -0.1) is 0 Å². The fourth-order valence-electron chi connectivity index (χ4n) is 9.31. The van der Waals surface area contributed by atoms with Crippen molar-refractivity contribution >= 4 is 57.9 Å². The number of pyridine rings is 2. The monoisotopic (exact) mass is 925 g/mol. The average molecular weight is 926 g/mol. The maximum absolute atomic E-state index is 13.7. The number of aryl methyl sites for hydroxylation is 2. The summed E-state index contributed by atoms with van der Waals surface area (Å²) in [5.41, 5.74) is 5.93. The lowest BCUT2D eigenvalue weighted by molar-refractivity contribution is -0.136. The van der Waals surface area contributed by atoms with Gasteiger partial charge in [-0.1, -0.05) is 18.9 Å². The van der Waals surface area contributed by atoms with Crippen LogP contribution in [0.1, 0.15) is 113 Å². The van der Waals surface area contributed by atoms with Crippen LogP contribution in [0.2, 0.25) is 0 Å². The Morgan fingerprint density at radius 1 is 0.853 bits per heavy atom. The number of benzene rings is 2. The number of H-pyrrole nitrogens is 1. The Morgan fingerprint density at radius 3 is 2.38 bits per heavy atom. The first kappa shape index (κ1) is 47.3. The summed E-state index contributed by atoms with van der Waals surface area (Å²) in [6.07, 6.45) is 7.50. The zero-order valence-electron chi connectivity index (χ0n) is 39.1. The third-order valence-electron chi connectivity index (χ3n) is 13.0. The van der Waals surface area contributed by atoms with Crippen molar-refractivity contribution in [1.29, 1.82) is 0 Å². The second kappa shape index (κ2) is 20.8. The third kappa shape index (κ3) is 10.3. The quantitative estimate of drug-likeness (QED) is 0.0600. The number of piperidine rings is 1. The van der Waals surface area contributed by atoms with E-state index in [4.69, 9.17) is 4.98 Å². The number of aromatic amines is 1. The molecule has 1 atom stereocenters. The Hall–Kier alpha value is -7.21. The topological polar surface area (TPSA) is 224 Å². The van der Waals surface area contributed by atoms with Gasteiger partial charge in [-0.25, -0.2) is 4.98 Å². The normalized spacial score (nSPS) is 16.4. The van der Waals surface area contributed by atoms with Crippen molar-refractivity contribution in [3.8, 4) is 11.1 Å². The van der Waals surface area contributed by atoms with Crippen LogP contribution in [-0.2, 0) is 20.9 Å². The fraction of sp³-hybridized carbons (Fsp3) is 0.420. The molecule has 6 heterocycles. The van der Waals surface area contributed by atoms with Crippen LogP contribution in [0, 0.1) is 13.8 Å². The van der Waals surface area contributed by atoms with Gasteiger partial charge in [-0.05, 0) is 101 Å². The summed E-state index contributed by atoms with van der Waals surface area (Å²) >= 11 is 0. The minimum Gasteiger partial charge on any atom is -0.384 e. The lowest BCUT2D eigenvalue weighted by atomic mass is 10.0. The molecule has 3 aromatic heterocycles. The molecule has 0 spiro atoms. The van der Waals surface area contributed by atoms with E-state index < -0.39 is 29.7 Å². The Morgan fingerprint density at radius 2 is 1.65 bits per heavy atom. The van der Waals surface area contributed by atoms with E-state index in [-0.39, 0.29) is 53.9 Å². The Kier molecular flexibility index (Phi) is 14.4. The minimum atomic E-state index is -1.01. The number of carbonyl (C=O) groups is 6. The van der Waals surface area contributed by atoms with Gasteiger partial charge in [0.2, 0.25) is 17.7 Å². The Bertz CT molecular complexity index is 2810. The van der Waals surface area contributed by atoms with E-state index in [2.05, 4.69) is 41.1 Å². The molecule has 2 fully saturated rings. The van der Waals surface area contributed by atoms with Gasteiger partial charge in [0.05, 0.1) is 28.4 Å². The zero-order chi connectivity index (χ0) is 48.1. The maximum Gasteiger partial charge on any atom is 0.264 e. The van der Waals surface area contributed by atoms with Crippen LogP contribution < -0.4 is 31.7 Å². The van der Waals surface area contributed by atoms with E-state index in [1.54, 1.807) is 24.4 Å². The van der Waals surface area contributed by atoms with Crippen molar-refractivity contribution in [1.82, 2.24) is 45.5 Å². The molecule has 18 heteroatoms. The molecule has 5 aromatic rings. The summed E-state index contributed by atoms with van der Waals surface area (Å²) in [5.74, 6) is -1.51. The summed E-state index contributed by atoms with van der Waals surface area (Å²) in [6, 6.07) is 13.9. The van der Waals surface area contributed by atoms with E-state index in [0.29, 0.717) is 36.3 Å². The highest BCUT2D eigenvalue weighted by molar-refractivity contribution is 6.25. The van der Waals surface area contributed by atoms with Gasteiger partial charge in [0.1, 0.15) is 11.9 Å². The van der Waals surface area contributed by atoms with Crippen LogP contribution in [0.5, 0.6) is 0 Å². The SMILES string of the molecule is Cc1cc(C)c(CNC(=O)c2cc(-c3ccc(N4CCN(CCNC(=O)CCCCCCNc5cccc6c5C(=O)N(C5CCC(=O)NC5=O)C6=O)CC4)nc3)cc3c2cnn3C(C)C)c(=O)[nH]1. The second-order valence-corrected chi connectivity index (χ2v) is 18.1.